The van der Waals surface area contributed by atoms with Gasteiger partial charge in [-0.1, -0.05) is 0 Å². The van der Waals surface area contributed by atoms with Crippen molar-refractivity contribution in [2.45, 2.75) is 107 Å². The molecule has 0 aromatic rings. The monoisotopic (exact) mass is 508 g/mol. The number of esters is 1. The molecule has 10 heteroatoms. The molecule has 0 amide bonds. The normalized spacial score (nSPS) is 25.1. The molecular weight excluding hydrogens is 472 g/mol. The van der Waals surface area contributed by atoms with Crippen molar-refractivity contribution in [3.63, 3.8) is 0 Å². The van der Waals surface area contributed by atoms with Crippen LogP contribution >= 0.6 is 0 Å². The van der Waals surface area contributed by atoms with Gasteiger partial charge in [0.15, 0.2) is 0 Å². The van der Waals surface area contributed by atoms with Crippen LogP contribution in [-0.4, -0.2) is 60.9 Å². The number of rotatable bonds is 5. The third-order valence-corrected chi connectivity index (χ3v) is 17.5. The van der Waals surface area contributed by atoms with Crippen molar-refractivity contribution in [3.8, 4) is 0 Å². The van der Waals surface area contributed by atoms with Crippen LogP contribution in [0.4, 0.5) is 13.2 Å². The van der Waals surface area contributed by atoms with Gasteiger partial charge in [0.1, 0.15) is 0 Å². The minimum atomic E-state index is -5.00. The fraction of sp³-hybridized carbons (Fsp3) is 0.944. The molecule has 166 valence electrons. The van der Waals surface area contributed by atoms with Crippen molar-refractivity contribution in [1.82, 2.24) is 0 Å². The van der Waals surface area contributed by atoms with E-state index in [0.717, 1.165) is 0 Å². The molecule has 1 rings (SSSR count). The Morgan fingerprint density at radius 1 is 0.893 bits per heavy atom. The molecule has 4 nitrogen and oxygen atoms in total. The van der Waals surface area contributed by atoms with E-state index in [2.05, 4.69) is 54.6 Å². The molecule has 1 unspecified atom stereocenters. The van der Waals surface area contributed by atoms with Crippen molar-refractivity contribution >= 4 is 37.6 Å². The number of alkyl halides is 3. The van der Waals surface area contributed by atoms with Gasteiger partial charge in [-0.25, -0.2) is 0 Å². The average molecular weight is 508 g/mol. The zero-order valence-corrected chi connectivity index (χ0v) is 22.3. The summed E-state index contributed by atoms with van der Waals surface area (Å²) < 4.78 is 56.1. The van der Waals surface area contributed by atoms with Crippen molar-refractivity contribution in [2.24, 2.45) is 0 Å². The van der Waals surface area contributed by atoms with E-state index >= 15 is 0 Å². The maximum atomic E-state index is 12.8. The molecule has 1 saturated heterocycles. The molecule has 1 aliphatic rings. The molecule has 0 spiro atoms. The van der Waals surface area contributed by atoms with E-state index in [4.69, 9.17) is 13.6 Å². The van der Waals surface area contributed by atoms with Crippen LogP contribution in [0.1, 0.15) is 41.5 Å². The quantitative estimate of drug-likeness (QED) is 0.373. The van der Waals surface area contributed by atoms with E-state index in [-0.39, 0.29) is 31.1 Å². The van der Waals surface area contributed by atoms with Crippen LogP contribution < -0.4 is 0 Å². The molecule has 0 saturated carbocycles. The fourth-order valence-electron chi connectivity index (χ4n) is 2.13. The van der Waals surface area contributed by atoms with Gasteiger partial charge in [-0.2, -0.15) is 0 Å². The fourth-order valence-corrected chi connectivity index (χ4v) is 7.81. The number of carbonyl (C=O) groups is 1. The Labute approximate surface area is 175 Å². The van der Waals surface area contributed by atoms with Crippen LogP contribution in [-0.2, 0) is 18.4 Å². The molecule has 1 fully saturated rings. The van der Waals surface area contributed by atoms with Gasteiger partial charge in [-0.3, -0.25) is 0 Å². The summed E-state index contributed by atoms with van der Waals surface area (Å²) in [4.78, 5) is 11.5. The molecule has 1 heterocycles. The first kappa shape index (κ1) is 26.2. The summed E-state index contributed by atoms with van der Waals surface area (Å²) in [7, 11) is -4.46. The molecule has 0 aromatic carbocycles. The summed E-state index contributed by atoms with van der Waals surface area (Å²) >= 11 is -0.332. The van der Waals surface area contributed by atoms with Crippen molar-refractivity contribution in [3.05, 3.63) is 0 Å². The molecular formula is C18H35F3O4SeSi2. The second-order valence-electron chi connectivity index (χ2n) is 10.4. The van der Waals surface area contributed by atoms with Crippen LogP contribution in [0.5, 0.6) is 0 Å². The van der Waals surface area contributed by atoms with Gasteiger partial charge >= 0.3 is 176 Å². The Hall–Kier alpha value is 0.133. The SMILES string of the molecule is CC(C)(C)[Si](C)(C)O[C@H]1C[Se]C(OC(=O)C(F)(F)F)[C@@H]1O[Si](C)(C)C(C)(C)C. The minimum absolute atomic E-state index is 0.0394. The number of hydrogen-bond acceptors (Lipinski definition) is 4. The first-order chi connectivity index (χ1) is 12.2. The Morgan fingerprint density at radius 2 is 1.32 bits per heavy atom. The van der Waals surface area contributed by atoms with Crippen molar-refractivity contribution in [1.29, 1.82) is 0 Å². The molecule has 0 aromatic heterocycles. The molecule has 0 N–H and O–H groups in total. The van der Waals surface area contributed by atoms with Gasteiger partial charge in [0.2, 0.25) is 0 Å². The second-order valence-corrected chi connectivity index (χ2v) is 22.3. The van der Waals surface area contributed by atoms with Gasteiger partial charge in [-0.15, -0.1) is 0 Å². The van der Waals surface area contributed by atoms with Gasteiger partial charge in [0.25, 0.3) is 0 Å². The zero-order chi connectivity index (χ0) is 22.3. The zero-order valence-electron chi connectivity index (χ0n) is 18.6. The van der Waals surface area contributed by atoms with E-state index < -0.39 is 39.9 Å². The third-order valence-electron chi connectivity index (χ3n) is 6.00. The van der Waals surface area contributed by atoms with Crippen LogP contribution in [0.25, 0.3) is 0 Å². The van der Waals surface area contributed by atoms with Crippen molar-refractivity contribution < 1.29 is 31.6 Å². The molecule has 28 heavy (non-hydrogen) atoms. The van der Waals surface area contributed by atoms with Crippen molar-refractivity contribution in [2.75, 3.05) is 0 Å². The molecule has 0 bridgehead atoms. The summed E-state index contributed by atoms with van der Waals surface area (Å²) in [5.74, 6) is -2.14. The van der Waals surface area contributed by atoms with E-state index in [1.54, 1.807) is 0 Å². The van der Waals surface area contributed by atoms with Crippen LogP contribution in [0.2, 0.25) is 41.6 Å². The van der Waals surface area contributed by atoms with E-state index in [1.807, 2.05) is 13.1 Å². The first-order valence-electron chi connectivity index (χ1n) is 9.44. The summed E-state index contributed by atoms with van der Waals surface area (Å²) in [6, 6.07) is 0. The number of ether oxygens (including phenoxy) is 1. The topological polar surface area (TPSA) is 44.8 Å². The second kappa shape index (κ2) is 8.34. The van der Waals surface area contributed by atoms with E-state index in [0.29, 0.717) is 5.32 Å². The van der Waals surface area contributed by atoms with Crippen LogP contribution in [0, 0.1) is 0 Å². The Balaban J connectivity index is 3.14. The number of halogens is 3. The molecule has 0 aliphatic carbocycles. The van der Waals surface area contributed by atoms with Gasteiger partial charge in [0.05, 0.1) is 0 Å². The number of hydrogen-bond donors (Lipinski definition) is 0. The predicted molar refractivity (Wildman–Crippen MR) is 111 cm³/mol. The molecule has 0 radical (unpaired) electrons. The Bertz CT molecular complexity index is 569. The van der Waals surface area contributed by atoms with E-state index in [1.165, 1.54) is 0 Å². The number of carbonyl (C=O) groups excluding carboxylic acids is 1. The third kappa shape index (κ3) is 6.31. The van der Waals surface area contributed by atoms with E-state index in [9.17, 15) is 18.0 Å². The maximum absolute atomic E-state index is 12.8. The van der Waals surface area contributed by atoms with Gasteiger partial charge in [-0.05, 0) is 0 Å². The molecule has 1 aliphatic heterocycles. The van der Waals surface area contributed by atoms with Gasteiger partial charge < -0.3 is 0 Å². The van der Waals surface area contributed by atoms with Crippen LogP contribution in [0.3, 0.4) is 0 Å². The van der Waals surface area contributed by atoms with Gasteiger partial charge in [0, 0.05) is 0 Å². The summed E-state index contributed by atoms with van der Waals surface area (Å²) in [5.41, 5.74) is 0. The predicted octanol–water partition coefficient (Wildman–Crippen LogP) is 5.33. The summed E-state index contributed by atoms with van der Waals surface area (Å²) in [6.07, 6.45) is -6.00. The summed E-state index contributed by atoms with van der Waals surface area (Å²) in [5, 5.41) is -0.468. The standard InChI is InChI=1S/C18H35F3O4SeSi2/c1-16(2,3)27(7,8)24-12-11-26-14(23-15(22)18(19,20)21)13(12)25-28(9,10)17(4,5)6/h12-14H,11H2,1-10H3/t12-,13+,14?/m0/s1. The molecule has 3 atom stereocenters. The Morgan fingerprint density at radius 3 is 1.71 bits per heavy atom. The van der Waals surface area contributed by atoms with Crippen LogP contribution in [0.15, 0.2) is 0 Å². The Kier molecular flexibility index (Phi) is 7.80. The average Bonchev–Trinajstić information content (AvgIpc) is 2.76. The summed E-state index contributed by atoms with van der Waals surface area (Å²) in [6.45, 7) is 20.9. The first-order valence-corrected chi connectivity index (χ1v) is 17.5.